The van der Waals surface area contributed by atoms with Crippen molar-refractivity contribution in [3.05, 3.63) is 31.0 Å². The van der Waals surface area contributed by atoms with Crippen LogP contribution in [0.3, 0.4) is 0 Å². The maximum absolute atomic E-state index is 11.8. The lowest BCUT2D eigenvalue weighted by molar-refractivity contribution is 0.0690. The molecule has 0 aliphatic carbocycles. The second-order valence-electron chi connectivity index (χ2n) is 3.16. The van der Waals surface area contributed by atoms with Gasteiger partial charge in [0.15, 0.2) is 5.82 Å². The molecule has 2 heterocycles. The summed E-state index contributed by atoms with van der Waals surface area (Å²) in [5, 5.41) is 17.2. The number of halogens is 2. The summed E-state index contributed by atoms with van der Waals surface area (Å²) in [5.74, 6) is -1.32. The summed E-state index contributed by atoms with van der Waals surface area (Å²) < 4.78 is 1.59. The summed E-state index contributed by atoms with van der Waals surface area (Å²) in [6.45, 7) is 0. The van der Waals surface area contributed by atoms with E-state index in [9.17, 15) is 9.59 Å². The van der Waals surface area contributed by atoms with E-state index < -0.39 is 5.97 Å². The third-order valence-corrected chi connectivity index (χ3v) is 5.17. The highest BCUT2D eigenvalue weighted by Gasteiger charge is 2.14. The van der Waals surface area contributed by atoms with Crippen LogP contribution >= 0.6 is 43.2 Å². The Morgan fingerprint density at radius 1 is 1.39 bits per heavy atom. The molecule has 1 amide bonds. The molecule has 0 radical (unpaired) electrons. The van der Waals surface area contributed by atoms with Crippen molar-refractivity contribution < 1.29 is 14.7 Å². The molecule has 9 heteroatoms. The van der Waals surface area contributed by atoms with Gasteiger partial charge in [-0.1, -0.05) is 0 Å². The van der Waals surface area contributed by atoms with Gasteiger partial charge in [-0.05, 0) is 37.9 Å². The Morgan fingerprint density at radius 2 is 2.11 bits per heavy atom. The number of rotatable bonds is 3. The zero-order valence-electron chi connectivity index (χ0n) is 8.53. The molecule has 0 unspecified atom stereocenters. The maximum Gasteiger partial charge on any atom is 0.353 e. The largest absolute Gasteiger partial charge is 0.477 e. The van der Waals surface area contributed by atoms with Crippen LogP contribution in [0.4, 0.5) is 5.82 Å². The predicted molar refractivity (Wildman–Crippen MR) is 73.2 cm³/mol. The highest BCUT2D eigenvalue weighted by molar-refractivity contribution is 9.13. The lowest BCUT2D eigenvalue weighted by atomic mass is 10.4. The van der Waals surface area contributed by atoms with Gasteiger partial charge in [0, 0.05) is 10.5 Å². The van der Waals surface area contributed by atoms with Crippen molar-refractivity contribution in [3.8, 4) is 0 Å². The molecule has 0 aliphatic rings. The van der Waals surface area contributed by atoms with E-state index in [0.717, 1.165) is 8.26 Å². The molecule has 18 heavy (non-hydrogen) atoms. The van der Waals surface area contributed by atoms with Gasteiger partial charge in [-0.25, -0.2) is 4.79 Å². The predicted octanol–water partition coefficient (Wildman–Crippen LogP) is 2.95. The molecule has 0 saturated carbocycles. The molecule has 0 saturated heterocycles. The summed E-state index contributed by atoms with van der Waals surface area (Å²) in [5.41, 5.74) is -0.0844. The van der Waals surface area contributed by atoms with Gasteiger partial charge in [0.05, 0.1) is 8.66 Å². The third kappa shape index (κ3) is 2.79. The van der Waals surface area contributed by atoms with Gasteiger partial charge < -0.3 is 10.4 Å². The quantitative estimate of drug-likeness (QED) is 0.745. The van der Waals surface area contributed by atoms with Gasteiger partial charge in [-0.15, -0.1) is 11.3 Å². The van der Waals surface area contributed by atoms with Crippen molar-refractivity contribution in [2.24, 2.45) is 0 Å². The zero-order valence-corrected chi connectivity index (χ0v) is 12.5. The number of aromatic nitrogens is 2. The first kappa shape index (κ1) is 13.2. The van der Waals surface area contributed by atoms with E-state index >= 15 is 0 Å². The first-order chi connectivity index (χ1) is 8.47. The summed E-state index contributed by atoms with van der Waals surface area (Å²) in [4.78, 5) is 22.9. The molecule has 0 spiro atoms. The zero-order chi connectivity index (χ0) is 13.3. The molecule has 0 bridgehead atoms. The molecule has 0 fully saturated rings. The second kappa shape index (κ2) is 5.21. The van der Waals surface area contributed by atoms with Gasteiger partial charge in [0.1, 0.15) is 5.69 Å². The number of amides is 1. The van der Waals surface area contributed by atoms with Gasteiger partial charge in [-0.3, -0.25) is 9.89 Å². The Balaban J connectivity index is 2.13. The molecule has 0 aliphatic heterocycles. The molecule has 2 aromatic rings. The summed E-state index contributed by atoms with van der Waals surface area (Å²) >= 11 is 7.82. The van der Waals surface area contributed by atoms with E-state index in [0.29, 0.717) is 4.88 Å². The Morgan fingerprint density at radius 3 is 2.61 bits per heavy atom. The van der Waals surface area contributed by atoms with Crippen LogP contribution in [-0.4, -0.2) is 27.2 Å². The number of aromatic amines is 1. The van der Waals surface area contributed by atoms with Crippen LogP contribution in [0.5, 0.6) is 0 Å². The number of carbonyl (C=O) groups is 2. The van der Waals surface area contributed by atoms with E-state index in [-0.39, 0.29) is 17.4 Å². The fraction of sp³-hybridized carbons (Fsp3) is 0. The minimum absolute atomic E-state index is 0.0844. The summed E-state index contributed by atoms with van der Waals surface area (Å²) in [7, 11) is 0. The number of carboxylic acid groups (broad SMARTS) is 1. The smallest absolute Gasteiger partial charge is 0.353 e. The summed E-state index contributed by atoms with van der Waals surface area (Å²) in [6, 6.07) is 2.91. The number of thiophene rings is 1. The molecular weight excluding hydrogens is 390 g/mol. The fourth-order valence-corrected chi connectivity index (χ4v) is 3.06. The van der Waals surface area contributed by atoms with Crippen molar-refractivity contribution in [1.29, 1.82) is 0 Å². The van der Waals surface area contributed by atoms with Crippen molar-refractivity contribution in [3.63, 3.8) is 0 Å². The van der Waals surface area contributed by atoms with Crippen molar-refractivity contribution >= 4 is 60.9 Å². The van der Waals surface area contributed by atoms with Crippen LogP contribution in [0.25, 0.3) is 0 Å². The van der Waals surface area contributed by atoms with Crippen LogP contribution in [0.1, 0.15) is 20.2 Å². The van der Waals surface area contributed by atoms with Crippen molar-refractivity contribution in [2.45, 2.75) is 0 Å². The minimum atomic E-state index is -1.13. The topological polar surface area (TPSA) is 95.1 Å². The first-order valence-electron chi connectivity index (χ1n) is 4.52. The standard InChI is InChI=1S/C9H5Br2N3O3S/c10-3-1-5(18-7(3)11)8(15)12-6-2-4(9(16)17)13-14-6/h1-2H,(H,16,17)(H2,12,13,14,15). The molecule has 2 rings (SSSR count). The number of H-pyrrole nitrogens is 1. The molecule has 94 valence electrons. The molecule has 0 aromatic carbocycles. The number of hydrogen-bond donors (Lipinski definition) is 3. The lowest BCUT2D eigenvalue weighted by Crippen LogP contribution is -2.10. The molecule has 0 atom stereocenters. The number of carboxylic acids is 1. The van der Waals surface area contributed by atoms with Gasteiger partial charge >= 0.3 is 5.97 Å². The lowest BCUT2D eigenvalue weighted by Gasteiger charge is -1.97. The van der Waals surface area contributed by atoms with Crippen LogP contribution in [-0.2, 0) is 0 Å². The Bertz CT molecular complexity index is 603. The van der Waals surface area contributed by atoms with E-state index in [1.807, 2.05) is 0 Å². The highest BCUT2D eigenvalue weighted by atomic mass is 79.9. The molecular formula is C9H5Br2N3O3S. The number of carbonyl (C=O) groups excluding carboxylic acids is 1. The van der Waals surface area contributed by atoms with Crippen LogP contribution in [0.15, 0.2) is 20.4 Å². The normalized spacial score (nSPS) is 10.3. The first-order valence-corrected chi connectivity index (χ1v) is 6.92. The molecule has 3 N–H and O–H groups in total. The average Bonchev–Trinajstić information content (AvgIpc) is 2.87. The van der Waals surface area contributed by atoms with E-state index in [1.165, 1.54) is 17.4 Å². The van der Waals surface area contributed by atoms with Gasteiger partial charge in [-0.2, -0.15) is 5.10 Å². The second-order valence-corrected chi connectivity index (χ2v) is 6.38. The number of aromatic carboxylic acids is 1. The summed E-state index contributed by atoms with van der Waals surface area (Å²) in [6.07, 6.45) is 0. The number of hydrogen-bond acceptors (Lipinski definition) is 4. The number of nitrogens with one attached hydrogen (secondary N) is 2. The monoisotopic (exact) mass is 393 g/mol. The van der Waals surface area contributed by atoms with Crippen molar-refractivity contribution in [1.82, 2.24) is 10.2 Å². The fourth-order valence-electron chi connectivity index (χ4n) is 1.13. The maximum atomic E-state index is 11.8. The van der Waals surface area contributed by atoms with Crippen LogP contribution in [0, 0.1) is 0 Å². The minimum Gasteiger partial charge on any atom is -0.477 e. The van der Waals surface area contributed by atoms with Crippen molar-refractivity contribution in [2.75, 3.05) is 5.32 Å². The number of nitrogens with zero attached hydrogens (tertiary/aromatic N) is 1. The van der Waals surface area contributed by atoms with E-state index in [1.54, 1.807) is 6.07 Å². The highest BCUT2D eigenvalue weighted by Crippen LogP contribution is 2.32. The van der Waals surface area contributed by atoms with Crippen LogP contribution < -0.4 is 5.32 Å². The Labute approximate surface area is 122 Å². The van der Waals surface area contributed by atoms with Gasteiger partial charge in [0.25, 0.3) is 5.91 Å². The van der Waals surface area contributed by atoms with Crippen LogP contribution in [0.2, 0.25) is 0 Å². The SMILES string of the molecule is O=C(O)c1cc(NC(=O)c2cc(Br)c(Br)s2)n[nH]1. The molecule has 6 nitrogen and oxygen atoms in total. The van der Waals surface area contributed by atoms with E-state index in [4.69, 9.17) is 5.11 Å². The third-order valence-electron chi connectivity index (χ3n) is 1.92. The molecule has 2 aromatic heterocycles. The average molecular weight is 395 g/mol. The van der Waals surface area contributed by atoms with E-state index in [2.05, 4.69) is 47.4 Å². The Hall–Kier alpha value is -1.19. The number of anilines is 1. The van der Waals surface area contributed by atoms with Gasteiger partial charge in [0.2, 0.25) is 0 Å². The Kier molecular flexibility index (Phi) is 3.83.